The van der Waals surface area contributed by atoms with Gasteiger partial charge in [0.05, 0.1) is 13.1 Å². The average Bonchev–Trinajstić information content (AvgIpc) is 3.21. The van der Waals surface area contributed by atoms with Gasteiger partial charge in [-0.05, 0) is 86.5 Å². The van der Waals surface area contributed by atoms with Gasteiger partial charge in [0.15, 0.2) is 5.65 Å². The molecule has 4 heterocycles. The first-order valence-corrected chi connectivity index (χ1v) is 13.7. The first-order valence-electron chi connectivity index (χ1n) is 13.7. The van der Waals surface area contributed by atoms with E-state index in [4.69, 9.17) is 9.47 Å². The molecular formula is C32H31N5O5. The molecule has 1 fully saturated rings. The van der Waals surface area contributed by atoms with Gasteiger partial charge >= 0.3 is 6.09 Å². The van der Waals surface area contributed by atoms with Crippen LogP contribution in [-0.4, -0.2) is 69.5 Å². The van der Waals surface area contributed by atoms with Gasteiger partial charge in [-0.3, -0.25) is 9.59 Å². The second-order valence-corrected chi connectivity index (χ2v) is 11.6. The summed E-state index contributed by atoms with van der Waals surface area (Å²) in [5.74, 6) is 0.535. The molecule has 0 atom stereocenters. The Morgan fingerprint density at radius 2 is 1.79 bits per heavy atom. The highest BCUT2D eigenvalue weighted by Gasteiger charge is 2.36. The number of hydrogen-bond acceptors (Lipinski definition) is 7. The third-order valence-electron chi connectivity index (χ3n) is 7.14. The maximum absolute atomic E-state index is 13.3. The van der Waals surface area contributed by atoms with Gasteiger partial charge in [-0.25, -0.2) is 14.8 Å². The summed E-state index contributed by atoms with van der Waals surface area (Å²) in [6, 6.07) is 18.3. The molecule has 3 amide bonds. The monoisotopic (exact) mass is 565 g/mol. The number of carbonyl (C=O) groups excluding carboxylic acids is 3. The normalized spacial score (nSPS) is 14.9. The van der Waals surface area contributed by atoms with Crippen molar-refractivity contribution >= 4 is 34.8 Å². The van der Waals surface area contributed by atoms with E-state index in [1.54, 1.807) is 41.2 Å². The quantitative estimate of drug-likeness (QED) is 0.357. The zero-order valence-corrected chi connectivity index (χ0v) is 23.9. The van der Waals surface area contributed by atoms with Crippen LogP contribution in [0.4, 0.5) is 10.6 Å². The smallest absolute Gasteiger partial charge is 0.410 e. The van der Waals surface area contributed by atoms with Crippen LogP contribution in [0.1, 0.15) is 47.1 Å². The van der Waals surface area contributed by atoms with Crippen molar-refractivity contribution in [1.82, 2.24) is 19.8 Å². The first kappa shape index (κ1) is 27.2. The van der Waals surface area contributed by atoms with Gasteiger partial charge in [0, 0.05) is 41.9 Å². The number of aromatic nitrogens is 2. The van der Waals surface area contributed by atoms with Gasteiger partial charge in [-0.1, -0.05) is 6.07 Å². The predicted octanol–water partition coefficient (Wildman–Crippen LogP) is 5.13. The molecule has 6 rings (SSSR count). The van der Waals surface area contributed by atoms with Crippen LogP contribution in [0.2, 0.25) is 0 Å². The maximum Gasteiger partial charge on any atom is 0.410 e. The molecule has 2 aliphatic rings. The number of likely N-dealkylation sites (tertiary alicyclic amines) is 1. The number of fused-ring (bicyclic) bond motifs is 2. The van der Waals surface area contributed by atoms with Crippen molar-refractivity contribution in [1.29, 1.82) is 0 Å². The summed E-state index contributed by atoms with van der Waals surface area (Å²) in [4.78, 5) is 50.1. The molecule has 1 N–H and O–H groups in total. The van der Waals surface area contributed by atoms with E-state index in [0.29, 0.717) is 48.0 Å². The maximum atomic E-state index is 13.3. The van der Waals surface area contributed by atoms with Crippen LogP contribution >= 0.6 is 0 Å². The molecule has 0 radical (unpaired) electrons. The molecular weight excluding hydrogens is 534 g/mol. The van der Waals surface area contributed by atoms with E-state index in [1.165, 1.54) is 0 Å². The number of carbonyl (C=O) groups is 3. The SMILES string of the molecule is CN1Cc2cc(-c3ccc(C(=O)Nc4ccc5cccnc5n4)cc3OC3CN(C(=O)OC(C)(C)C)C3)ccc2C1=O. The molecule has 4 aromatic rings. The molecule has 2 aliphatic heterocycles. The van der Waals surface area contributed by atoms with Crippen LogP contribution in [0.5, 0.6) is 5.75 Å². The third-order valence-corrected chi connectivity index (χ3v) is 7.14. The van der Waals surface area contributed by atoms with Crippen molar-refractivity contribution in [2.24, 2.45) is 0 Å². The largest absolute Gasteiger partial charge is 0.486 e. The number of hydrogen-bond donors (Lipinski definition) is 1. The van der Waals surface area contributed by atoms with Crippen molar-refractivity contribution in [3.8, 4) is 16.9 Å². The van der Waals surface area contributed by atoms with E-state index < -0.39 is 5.60 Å². The molecule has 2 aromatic heterocycles. The lowest BCUT2D eigenvalue weighted by atomic mass is 9.98. The number of nitrogens with one attached hydrogen (secondary N) is 1. The van der Waals surface area contributed by atoms with Crippen molar-refractivity contribution < 1.29 is 23.9 Å². The fourth-order valence-electron chi connectivity index (χ4n) is 5.01. The zero-order valence-electron chi connectivity index (χ0n) is 23.9. The van der Waals surface area contributed by atoms with Gasteiger partial charge < -0.3 is 24.6 Å². The van der Waals surface area contributed by atoms with Gasteiger partial charge in [-0.15, -0.1) is 0 Å². The number of benzene rings is 2. The fraction of sp³-hybridized carbons (Fsp3) is 0.281. The Balaban J connectivity index is 1.26. The van der Waals surface area contributed by atoms with E-state index in [-0.39, 0.29) is 24.0 Å². The summed E-state index contributed by atoms with van der Waals surface area (Å²) in [6.45, 7) is 6.73. The summed E-state index contributed by atoms with van der Waals surface area (Å²) < 4.78 is 11.8. The second-order valence-electron chi connectivity index (χ2n) is 11.6. The number of amides is 3. The van der Waals surface area contributed by atoms with Gasteiger partial charge in [0.2, 0.25) is 0 Å². The Morgan fingerprint density at radius 3 is 2.57 bits per heavy atom. The molecule has 214 valence electrons. The molecule has 0 bridgehead atoms. The molecule has 1 saturated heterocycles. The second kappa shape index (κ2) is 10.4. The van der Waals surface area contributed by atoms with E-state index in [0.717, 1.165) is 22.1 Å². The Hall–Kier alpha value is -4.99. The van der Waals surface area contributed by atoms with Crippen LogP contribution in [0.3, 0.4) is 0 Å². The minimum Gasteiger partial charge on any atom is -0.486 e. The lowest BCUT2D eigenvalue weighted by Gasteiger charge is -2.39. The van der Waals surface area contributed by atoms with Crippen LogP contribution < -0.4 is 10.1 Å². The molecule has 10 nitrogen and oxygen atoms in total. The molecule has 0 spiro atoms. The molecule has 0 aliphatic carbocycles. The highest BCUT2D eigenvalue weighted by Crippen LogP contribution is 2.36. The van der Waals surface area contributed by atoms with Crippen molar-refractivity contribution in [2.45, 2.75) is 39.0 Å². The first-order chi connectivity index (χ1) is 20.0. The van der Waals surface area contributed by atoms with Crippen molar-refractivity contribution in [2.75, 3.05) is 25.5 Å². The van der Waals surface area contributed by atoms with E-state index >= 15 is 0 Å². The summed E-state index contributed by atoms with van der Waals surface area (Å²) in [5.41, 5.74) is 3.60. The highest BCUT2D eigenvalue weighted by molar-refractivity contribution is 6.05. The van der Waals surface area contributed by atoms with Crippen LogP contribution in [0.15, 0.2) is 66.9 Å². The fourth-order valence-corrected chi connectivity index (χ4v) is 5.01. The third kappa shape index (κ3) is 5.47. The van der Waals surface area contributed by atoms with Crippen LogP contribution in [-0.2, 0) is 11.3 Å². The Morgan fingerprint density at radius 1 is 1.00 bits per heavy atom. The van der Waals surface area contributed by atoms with Gasteiger partial charge in [0.1, 0.15) is 23.3 Å². The molecule has 42 heavy (non-hydrogen) atoms. The standard InChI is InChI=1S/C32H31N5O5/c1-32(2,3)42-31(40)37-17-23(18-37)41-26-15-21(29(38)35-27-12-9-19-6-5-13-33-28(19)34-27)8-10-24(26)20-7-11-25-22(14-20)16-36(4)30(25)39/h5-15,23H,16-18H2,1-4H3,(H,33,34,35,38). The summed E-state index contributed by atoms with van der Waals surface area (Å²) in [6.07, 6.45) is 0.992. The molecule has 0 unspecified atom stereocenters. The summed E-state index contributed by atoms with van der Waals surface area (Å²) >= 11 is 0. The predicted molar refractivity (Wildman–Crippen MR) is 157 cm³/mol. The number of pyridine rings is 2. The Labute approximate surface area is 243 Å². The zero-order chi connectivity index (χ0) is 29.6. The topological polar surface area (TPSA) is 114 Å². The number of ether oxygens (including phenoxy) is 2. The number of rotatable bonds is 5. The molecule has 2 aromatic carbocycles. The lowest BCUT2D eigenvalue weighted by Crippen LogP contribution is -2.57. The minimum absolute atomic E-state index is 0.00533. The van der Waals surface area contributed by atoms with Crippen LogP contribution in [0.25, 0.3) is 22.2 Å². The average molecular weight is 566 g/mol. The number of nitrogens with zero attached hydrogens (tertiary/aromatic N) is 4. The lowest BCUT2D eigenvalue weighted by molar-refractivity contribution is -0.0220. The minimum atomic E-state index is -0.586. The summed E-state index contributed by atoms with van der Waals surface area (Å²) in [7, 11) is 1.78. The van der Waals surface area contributed by atoms with Crippen molar-refractivity contribution in [3.63, 3.8) is 0 Å². The van der Waals surface area contributed by atoms with E-state index in [9.17, 15) is 14.4 Å². The van der Waals surface area contributed by atoms with E-state index in [2.05, 4.69) is 15.3 Å². The molecule has 10 heteroatoms. The molecule has 0 saturated carbocycles. The number of anilines is 1. The van der Waals surface area contributed by atoms with E-state index in [1.807, 2.05) is 63.2 Å². The summed E-state index contributed by atoms with van der Waals surface area (Å²) in [5, 5.41) is 3.72. The van der Waals surface area contributed by atoms with Gasteiger partial charge in [0.25, 0.3) is 11.8 Å². The van der Waals surface area contributed by atoms with Crippen LogP contribution in [0, 0.1) is 0 Å². The Kier molecular flexibility index (Phi) is 6.76. The van der Waals surface area contributed by atoms with Crippen molar-refractivity contribution in [3.05, 3.63) is 83.6 Å². The van der Waals surface area contributed by atoms with Gasteiger partial charge in [-0.2, -0.15) is 0 Å². The Bertz CT molecular complexity index is 1720. The highest BCUT2D eigenvalue weighted by atomic mass is 16.6.